The standard InChI is InChI=1S/C13H19N3O4S/c1-13(2,3)20-12(17)8-21-7-9-4-5-11(16(18)19)10(6-9)15-14/h4-6,15H,7-8,14H2,1-3H3. The number of benzene rings is 1. The minimum Gasteiger partial charge on any atom is -0.459 e. The molecule has 1 rings (SSSR count). The van der Waals surface area contributed by atoms with E-state index in [1.165, 1.54) is 17.8 Å². The third-order valence-electron chi connectivity index (χ3n) is 2.32. The summed E-state index contributed by atoms with van der Waals surface area (Å²) >= 11 is 1.38. The lowest BCUT2D eigenvalue weighted by Crippen LogP contribution is -2.24. The highest BCUT2D eigenvalue weighted by molar-refractivity contribution is 7.99. The first-order valence-corrected chi connectivity index (χ1v) is 7.42. The van der Waals surface area contributed by atoms with Crippen LogP contribution in [-0.4, -0.2) is 22.2 Å². The number of nitrogens with one attached hydrogen (secondary N) is 1. The van der Waals surface area contributed by atoms with Crippen LogP contribution in [0.3, 0.4) is 0 Å². The van der Waals surface area contributed by atoms with Gasteiger partial charge in [-0.25, -0.2) is 0 Å². The molecule has 21 heavy (non-hydrogen) atoms. The molecule has 116 valence electrons. The number of hydrazine groups is 1. The number of ether oxygens (including phenoxy) is 1. The first kappa shape index (κ1) is 17.3. The number of anilines is 1. The van der Waals surface area contributed by atoms with Gasteiger partial charge >= 0.3 is 5.97 Å². The number of carbonyl (C=O) groups is 1. The molecule has 1 aromatic carbocycles. The van der Waals surface area contributed by atoms with Crippen LogP contribution in [0.15, 0.2) is 18.2 Å². The molecule has 7 nitrogen and oxygen atoms in total. The molecule has 0 saturated heterocycles. The number of nitrogens with two attached hydrogens (primary N) is 1. The van der Waals surface area contributed by atoms with Gasteiger partial charge < -0.3 is 10.2 Å². The van der Waals surface area contributed by atoms with Crippen LogP contribution in [0.5, 0.6) is 0 Å². The summed E-state index contributed by atoms with van der Waals surface area (Å²) < 4.78 is 5.19. The minimum absolute atomic E-state index is 0.0848. The quantitative estimate of drug-likeness (QED) is 0.359. The number of hydrogen-bond donors (Lipinski definition) is 2. The number of rotatable bonds is 6. The van der Waals surface area contributed by atoms with Crippen LogP contribution in [0.2, 0.25) is 0 Å². The topological polar surface area (TPSA) is 107 Å². The van der Waals surface area contributed by atoms with Crippen LogP contribution in [0.4, 0.5) is 11.4 Å². The van der Waals surface area contributed by atoms with E-state index >= 15 is 0 Å². The molecule has 0 aliphatic carbocycles. The normalized spacial score (nSPS) is 11.0. The Balaban J connectivity index is 2.57. The van der Waals surface area contributed by atoms with E-state index in [0.717, 1.165) is 5.56 Å². The summed E-state index contributed by atoms with van der Waals surface area (Å²) in [4.78, 5) is 21.8. The molecule has 1 aromatic rings. The molecule has 0 aliphatic heterocycles. The maximum atomic E-state index is 11.6. The van der Waals surface area contributed by atoms with Crippen molar-refractivity contribution in [3.63, 3.8) is 0 Å². The lowest BCUT2D eigenvalue weighted by molar-refractivity contribution is -0.384. The number of thioether (sulfide) groups is 1. The van der Waals surface area contributed by atoms with Crippen molar-refractivity contribution in [2.75, 3.05) is 11.2 Å². The molecule has 3 N–H and O–H groups in total. The highest BCUT2D eigenvalue weighted by Crippen LogP contribution is 2.26. The fourth-order valence-corrected chi connectivity index (χ4v) is 2.31. The number of esters is 1. The van der Waals surface area contributed by atoms with Gasteiger partial charge in [-0.1, -0.05) is 6.07 Å². The Kier molecular flexibility index (Phi) is 5.98. The van der Waals surface area contributed by atoms with Gasteiger partial charge in [0.05, 0.1) is 10.7 Å². The maximum absolute atomic E-state index is 11.6. The SMILES string of the molecule is CC(C)(C)OC(=O)CSCc1ccc([N+](=O)[O-])c(NN)c1. The van der Waals surface area contributed by atoms with E-state index in [0.29, 0.717) is 5.75 Å². The third kappa shape index (κ3) is 6.01. The maximum Gasteiger partial charge on any atom is 0.316 e. The van der Waals surface area contributed by atoms with E-state index in [9.17, 15) is 14.9 Å². The summed E-state index contributed by atoms with van der Waals surface area (Å²) in [5, 5.41) is 10.8. The van der Waals surface area contributed by atoms with E-state index in [-0.39, 0.29) is 23.1 Å². The number of nitrogens with zero attached hydrogens (tertiary/aromatic N) is 1. The molecule has 0 radical (unpaired) electrons. The zero-order valence-electron chi connectivity index (χ0n) is 12.2. The van der Waals surface area contributed by atoms with Gasteiger partial charge in [0.15, 0.2) is 0 Å². The van der Waals surface area contributed by atoms with Gasteiger partial charge in [0.25, 0.3) is 5.69 Å². The fourth-order valence-electron chi connectivity index (χ4n) is 1.57. The van der Waals surface area contributed by atoms with Crippen LogP contribution in [0.1, 0.15) is 26.3 Å². The molecular weight excluding hydrogens is 294 g/mol. The van der Waals surface area contributed by atoms with Gasteiger partial charge in [0.2, 0.25) is 0 Å². The van der Waals surface area contributed by atoms with E-state index in [4.69, 9.17) is 10.6 Å². The van der Waals surface area contributed by atoms with Crippen molar-refractivity contribution < 1.29 is 14.5 Å². The van der Waals surface area contributed by atoms with Gasteiger partial charge in [-0.05, 0) is 32.4 Å². The summed E-state index contributed by atoms with van der Waals surface area (Å²) in [6.45, 7) is 5.43. The second-order valence-corrected chi connectivity index (χ2v) is 6.32. The van der Waals surface area contributed by atoms with E-state index in [1.54, 1.807) is 12.1 Å². The second kappa shape index (κ2) is 7.28. The first-order valence-electron chi connectivity index (χ1n) is 6.26. The molecular formula is C13H19N3O4S. The molecule has 8 heteroatoms. The van der Waals surface area contributed by atoms with Gasteiger partial charge in [0, 0.05) is 11.8 Å². The molecule has 0 saturated carbocycles. The molecule has 0 atom stereocenters. The largest absolute Gasteiger partial charge is 0.459 e. The smallest absolute Gasteiger partial charge is 0.316 e. The minimum atomic E-state index is -0.507. The van der Waals surface area contributed by atoms with Crippen molar-refractivity contribution in [1.82, 2.24) is 0 Å². The van der Waals surface area contributed by atoms with Crippen LogP contribution >= 0.6 is 11.8 Å². The Morgan fingerprint density at radius 1 is 1.48 bits per heavy atom. The summed E-state index contributed by atoms with van der Waals surface area (Å²) in [6, 6.07) is 4.62. The average molecular weight is 313 g/mol. The fraction of sp³-hybridized carbons (Fsp3) is 0.462. The molecule has 0 amide bonds. The number of nitrogen functional groups attached to an aromatic ring is 1. The molecule has 0 heterocycles. The number of nitro benzene ring substituents is 1. The Morgan fingerprint density at radius 2 is 2.14 bits per heavy atom. The first-order chi connectivity index (χ1) is 9.73. The van der Waals surface area contributed by atoms with E-state index in [1.807, 2.05) is 20.8 Å². The average Bonchev–Trinajstić information content (AvgIpc) is 2.36. The highest BCUT2D eigenvalue weighted by atomic mass is 32.2. The zero-order chi connectivity index (χ0) is 16.0. The molecule has 0 aliphatic rings. The number of carbonyl (C=O) groups excluding carboxylic acids is 1. The number of hydrogen-bond acceptors (Lipinski definition) is 7. The van der Waals surface area contributed by atoms with Crippen LogP contribution in [0.25, 0.3) is 0 Å². The van der Waals surface area contributed by atoms with Gasteiger partial charge in [-0.15, -0.1) is 11.8 Å². The second-order valence-electron chi connectivity index (χ2n) is 5.33. The van der Waals surface area contributed by atoms with Crippen molar-refractivity contribution >= 4 is 29.1 Å². The van der Waals surface area contributed by atoms with E-state index in [2.05, 4.69) is 5.43 Å². The molecule has 0 aromatic heterocycles. The van der Waals surface area contributed by atoms with Crippen LogP contribution in [0, 0.1) is 10.1 Å². The van der Waals surface area contributed by atoms with Crippen LogP contribution in [-0.2, 0) is 15.3 Å². The third-order valence-corrected chi connectivity index (χ3v) is 3.30. The van der Waals surface area contributed by atoms with E-state index < -0.39 is 10.5 Å². The Morgan fingerprint density at radius 3 is 2.67 bits per heavy atom. The predicted molar refractivity (Wildman–Crippen MR) is 82.9 cm³/mol. The van der Waals surface area contributed by atoms with Crippen molar-refractivity contribution in [3.8, 4) is 0 Å². The zero-order valence-corrected chi connectivity index (χ0v) is 13.0. The number of nitro groups is 1. The van der Waals surface area contributed by atoms with Crippen LogP contribution < -0.4 is 11.3 Å². The lowest BCUT2D eigenvalue weighted by Gasteiger charge is -2.19. The van der Waals surface area contributed by atoms with Crippen molar-refractivity contribution in [3.05, 3.63) is 33.9 Å². The van der Waals surface area contributed by atoms with Gasteiger partial charge in [0.1, 0.15) is 11.3 Å². The highest BCUT2D eigenvalue weighted by Gasteiger charge is 2.16. The van der Waals surface area contributed by atoms with Crippen molar-refractivity contribution in [2.24, 2.45) is 5.84 Å². The monoisotopic (exact) mass is 313 g/mol. The molecule has 0 bridgehead atoms. The molecule has 0 spiro atoms. The lowest BCUT2D eigenvalue weighted by atomic mass is 10.2. The molecule has 0 fully saturated rings. The predicted octanol–water partition coefficient (Wildman–Crippen LogP) is 2.46. The summed E-state index contributed by atoms with van der Waals surface area (Å²) in [5.41, 5.74) is 2.80. The summed E-state index contributed by atoms with van der Waals surface area (Å²) in [5.74, 6) is 5.74. The Labute approximate surface area is 127 Å². The van der Waals surface area contributed by atoms with Gasteiger partial charge in [-0.2, -0.15) is 0 Å². The molecule has 0 unspecified atom stereocenters. The van der Waals surface area contributed by atoms with Crippen molar-refractivity contribution in [2.45, 2.75) is 32.1 Å². The van der Waals surface area contributed by atoms with Crippen molar-refractivity contribution in [1.29, 1.82) is 0 Å². The Bertz CT molecular complexity index is 529. The summed E-state index contributed by atoms with van der Waals surface area (Å²) in [6.07, 6.45) is 0. The summed E-state index contributed by atoms with van der Waals surface area (Å²) in [7, 11) is 0. The Hall–Kier alpha value is -1.80. The van der Waals surface area contributed by atoms with Gasteiger partial charge in [-0.3, -0.25) is 20.8 Å².